The number of nitriles is 2. The van der Waals surface area contributed by atoms with Crippen molar-refractivity contribution in [3.63, 3.8) is 0 Å². The van der Waals surface area contributed by atoms with E-state index in [-0.39, 0.29) is 79.4 Å². The fourth-order valence-corrected chi connectivity index (χ4v) is 6.69. The summed E-state index contributed by atoms with van der Waals surface area (Å²) in [5, 5.41) is 19.9. The molecule has 0 amide bonds. The molecule has 6 nitrogen and oxygen atoms in total. The average Bonchev–Trinajstić information content (AvgIpc) is 3.64. The quantitative estimate of drug-likeness (QED) is 0.0990. The van der Waals surface area contributed by atoms with Crippen molar-refractivity contribution < 1.29 is 52.7 Å². The highest BCUT2D eigenvalue weighted by atomic mass is 19.4. The number of hydrogen-bond donors (Lipinski definition) is 0. The van der Waals surface area contributed by atoms with Crippen LogP contribution in [0.3, 0.4) is 0 Å². The summed E-state index contributed by atoms with van der Waals surface area (Å²) in [4.78, 5) is 15.7. The second-order valence-corrected chi connectivity index (χ2v) is 12.6. The van der Waals surface area contributed by atoms with Crippen molar-refractivity contribution in [2.24, 2.45) is 0 Å². The number of halogens is 12. The zero-order valence-electron chi connectivity index (χ0n) is 28.1. The number of aromatic nitrogens is 2. The minimum absolute atomic E-state index is 0.0357. The molecule has 18 heteroatoms. The Labute approximate surface area is 317 Å². The molecule has 0 saturated heterocycles. The van der Waals surface area contributed by atoms with Crippen molar-refractivity contribution in [1.82, 2.24) is 9.97 Å². The fourth-order valence-electron chi connectivity index (χ4n) is 6.69. The van der Waals surface area contributed by atoms with Gasteiger partial charge in [0.15, 0.2) is 0 Å². The molecule has 0 saturated carbocycles. The summed E-state index contributed by atoms with van der Waals surface area (Å²) in [5.41, 5.74) is -9.85. The number of fused-ring (bicyclic) bond motifs is 6. The molecular weight excluding hydrogens is 792 g/mol. The van der Waals surface area contributed by atoms with Crippen LogP contribution >= 0.6 is 0 Å². The van der Waals surface area contributed by atoms with Crippen molar-refractivity contribution >= 4 is 11.1 Å². The molecule has 0 radical (unpaired) electrons. The molecular formula is C40H12F12N6. The third-order valence-electron chi connectivity index (χ3n) is 9.21. The second-order valence-electron chi connectivity index (χ2n) is 12.6. The number of alkyl halides is 12. The van der Waals surface area contributed by atoms with Gasteiger partial charge in [-0.1, -0.05) is 24.3 Å². The average molecular weight is 805 g/mol. The molecule has 5 aromatic rings. The third kappa shape index (κ3) is 6.44. The predicted molar refractivity (Wildman–Crippen MR) is 180 cm³/mol. The van der Waals surface area contributed by atoms with Gasteiger partial charge in [-0.15, -0.1) is 0 Å². The van der Waals surface area contributed by atoms with E-state index < -0.39 is 69.5 Å². The van der Waals surface area contributed by atoms with Crippen LogP contribution in [0.15, 0.2) is 84.2 Å². The Balaban J connectivity index is 1.45. The van der Waals surface area contributed by atoms with Gasteiger partial charge in [0.05, 0.1) is 70.3 Å². The summed E-state index contributed by atoms with van der Waals surface area (Å²) in [6.07, 6.45) is -20.7. The lowest BCUT2D eigenvalue weighted by Crippen LogP contribution is -2.11. The summed E-state index contributed by atoms with van der Waals surface area (Å²) < 4.78 is 165. The van der Waals surface area contributed by atoms with Crippen LogP contribution in [0.1, 0.15) is 44.8 Å². The molecule has 1 aromatic heterocycles. The molecule has 58 heavy (non-hydrogen) atoms. The fraction of sp³-hybridized carbons (Fsp3) is 0.100. The third-order valence-corrected chi connectivity index (χ3v) is 9.21. The molecule has 0 bridgehead atoms. The van der Waals surface area contributed by atoms with E-state index in [1.807, 2.05) is 0 Å². The van der Waals surface area contributed by atoms with Crippen molar-refractivity contribution in [3.8, 4) is 56.9 Å². The van der Waals surface area contributed by atoms with Crippen molar-refractivity contribution in [3.05, 3.63) is 152 Å². The highest BCUT2D eigenvalue weighted by Gasteiger charge is 2.40. The van der Waals surface area contributed by atoms with E-state index in [0.29, 0.717) is 24.3 Å². The van der Waals surface area contributed by atoms with E-state index in [9.17, 15) is 63.2 Å². The zero-order chi connectivity index (χ0) is 42.3. The van der Waals surface area contributed by atoms with Gasteiger partial charge >= 0.3 is 24.7 Å². The largest absolute Gasteiger partial charge is 0.416 e. The zero-order valence-corrected chi connectivity index (χ0v) is 28.1. The topological polar surface area (TPSA) is 82.1 Å². The Bertz CT molecular complexity index is 2590. The SMILES string of the molecule is [C-]#[N+]/C(C#N)=C1/c2cc(-c3cc(C(F)(F)F)cc(C(F)(F)F)c3)ccc2-c2nc3c(nc21)-c1ccc(-c2cc(C(F)(F)F)cc(C(F)(F)F)c2)cc1/C3=C(/C#N)[N+]#[C-]. The number of allylic oxidation sites excluding steroid dienone is 2. The molecule has 0 spiro atoms. The van der Waals surface area contributed by atoms with Crippen LogP contribution in [0.2, 0.25) is 0 Å². The summed E-state index contributed by atoms with van der Waals surface area (Å²) in [6, 6.07) is 12.4. The van der Waals surface area contributed by atoms with Crippen LogP contribution in [-0.2, 0) is 24.7 Å². The molecule has 2 aliphatic carbocycles. The Morgan fingerprint density at radius 2 is 0.741 bits per heavy atom. The van der Waals surface area contributed by atoms with Crippen molar-refractivity contribution in [2.75, 3.05) is 0 Å². The number of hydrogen-bond acceptors (Lipinski definition) is 4. The summed E-state index contributed by atoms with van der Waals surface area (Å²) in [5.74, 6) is 0. The number of benzene rings is 4. The number of rotatable bonds is 2. The summed E-state index contributed by atoms with van der Waals surface area (Å²) in [6.45, 7) is 15.3. The van der Waals surface area contributed by atoms with E-state index in [4.69, 9.17) is 13.1 Å². The highest BCUT2D eigenvalue weighted by Crippen LogP contribution is 2.52. The Morgan fingerprint density at radius 1 is 0.431 bits per heavy atom. The lowest BCUT2D eigenvalue weighted by Gasteiger charge is -2.15. The lowest BCUT2D eigenvalue weighted by molar-refractivity contribution is -0.144. The van der Waals surface area contributed by atoms with Crippen LogP contribution in [0.5, 0.6) is 0 Å². The molecule has 0 fully saturated rings. The van der Waals surface area contributed by atoms with Crippen LogP contribution in [0.25, 0.3) is 65.6 Å². The van der Waals surface area contributed by atoms with Gasteiger partial charge < -0.3 is 0 Å². The molecule has 1 heterocycles. The first-order chi connectivity index (χ1) is 27.1. The van der Waals surface area contributed by atoms with Gasteiger partial charge in [-0.25, -0.2) is 30.2 Å². The molecule has 0 atom stereocenters. The smallest absolute Gasteiger partial charge is 0.245 e. The lowest BCUT2D eigenvalue weighted by atomic mass is 9.94. The van der Waals surface area contributed by atoms with Crippen molar-refractivity contribution in [1.29, 1.82) is 10.5 Å². The monoisotopic (exact) mass is 804 g/mol. The first-order valence-electron chi connectivity index (χ1n) is 15.9. The maximum Gasteiger partial charge on any atom is 0.416 e. The van der Waals surface area contributed by atoms with E-state index in [1.165, 1.54) is 24.3 Å². The summed E-state index contributed by atoms with van der Waals surface area (Å²) >= 11 is 0. The molecule has 7 rings (SSSR count). The molecule has 0 unspecified atom stereocenters. The maximum atomic E-state index is 13.7. The molecule has 0 aliphatic heterocycles. The summed E-state index contributed by atoms with van der Waals surface area (Å²) in [7, 11) is 0. The van der Waals surface area contributed by atoms with Gasteiger partial charge in [-0.3, -0.25) is 0 Å². The number of nitrogens with zero attached hydrogens (tertiary/aromatic N) is 6. The first-order valence-corrected chi connectivity index (χ1v) is 15.9. The van der Waals surface area contributed by atoms with Gasteiger partial charge in [0, 0.05) is 22.3 Å². The van der Waals surface area contributed by atoms with Gasteiger partial charge in [-0.05, 0) is 81.9 Å². The van der Waals surface area contributed by atoms with E-state index >= 15 is 0 Å². The Morgan fingerprint density at radius 3 is 1.00 bits per heavy atom. The standard InChI is InChI=1S/C40H12F12N6/c1-55-29(15-53)31-27-11-17(19-7-21(37(41,42)43)13-22(8-19)38(44,45)46)3-5-25(27)33-35(31)57-34-26-6-4-18(12-28(26)32(36(34)58-33)30(16-54)56-2)20-9-23(39(47,48)49)14-24(10-20)40(50,51)52/h3-14H/b31-29-,32-30+. The molecule has 4 aromatic carbocycles. The minimum Gasteiger partial charge on any atom is -0.245 e. The van der Waals surface area contributed by atoms with E-state index in [1.54, 1.807) is 12.1 Å². The second kappa shape index (κ2) is 13.1. The van der Waals surface area contributed by atoms with Gasteiger partial charge in [0.2, 0.25) is 0 Å². The Hall–Kier alpha value is -7.44. The molecule has 286 valence electrons. The molecule has 2 aliphatic rings. The minimum atomic E-state index is -5.17. The molecule has 0 N–H and O–H groups in total. The first kappa shape index (κ1) is 38.8. The van der Waals surface area contributed by atoms with Crippen LogP contribution < -0.4 is 0 Å². The van der Waals surface area contributed by atoms with Gasteiger partial charge in [0.1, 0.15) is 0 Å². The van der Waals surface area contributed by atoms with Crippen LogP contribution in [0.4, 0.5) is 52.7 Å². The van der Waals surface area contributed by atoms with Crippen LogP contribution in [-0.4, -0.2) is 9.97 Å². The van der Waals surface area contributed by atoms with Crippen LogP contribution in [0, 0.1) is 35.8 Å². The maximum absolute atomic E-state index is 13.7. The van der Waals surface area contributed by atoms with E-state index in [2.05, 4.69) is 19.7 Å². The highest BCUT2D eigenvalue weighted by molar-refractivity contribution is 6.07. The predicted octanol–water partition coefficient (Wildman–Crippen LogP) is 12.3. The normalized spacial score (nSPS) is 14.9. The van der Waals surface area contributed by atoms with E-state index in [0.717, 1.165) is 12.1 Å². The Kier molecular flexibility index (Phi) is 8.75. The van der Waals surface area contributed by atoms with Gasteiger partial charge in [-0.2, -0.15) is 52.7 Å². The van der Waals surface area contributed by atoms with Crippen molar-refractivity contribution in [2.45, 2.75) is 24.7 Å². The van der Waals surface area contributed by atoms with Gasteiger partial charge in [0.25, 0.3) is 11.4 Å².